The third-order valence-corrected chi connectivity index (χ3v) is 4.29. The molecule has 0 unspecified atom stereocenters. The van der Waals surface area contributed by atoms with Gasteiger partial charge in [-0.15, -0.1) is 0 Å². The summed E-state index contributed by atoms with van der Waals surface area (Å²) >= 11 is 3.29. The minimum atomic E-state index is -0.361. The Hall–Kier alpha value is -2.47. The molecule has 6 heteroatoms. The Kier molecular flexibility index (Phi) is 4.49. The van der Waals surface area contributed by atoms with Crippen molar-refractivity contribution < 1.29 is 14.4 Å². The fourth-order valence-electron chi connectivity index (χ4n) is 2.63. The van der Waals surface area contributed by atoms with Crippen LogP contribution in [0.3, 0.4) is 0 Å². The van der Waals surface area contributed by atoms with E-state index in [1.165, 1.54) is 0 Å². The number of carbonyl (C=O) groups is 3. The van der Waals surface area contributed by atoms with E-state index in [0.717, 1.165) is 14.9 Å². The highest BCUT2D eigenvalue weighted by atomic mass is 79.9. The average Bonchev–Trinajstić information content (AvgIpc) is 2.76. The fourth-order valence-corrected chi connectivity index (χ4v) is 2.99. The van der Waals surface area contributed by atoms with Gasteiger partial charge in [0.05, 0.1) is 11.1 Å². The molecule has 0 bridgehead atoms. The number of nitrogens with zero attached hydrogens (tertiary/aromatic N) is 1. The lowest BCUT2D eigenvalue weighted by Gasteiger charge is -2.13. The molecule has 1 N–H and O–H groups in total. The first kappa shape index (κ1) is 16.4. The number of benzene rings is 2. The van der Waals surface area contributed by atoms with Gasteiger partial charge in [0, 0.05) is 23.1 Å². The van der Waals surface area contributed by atoms with Crippen LogP contribution >= 0.6 is 15.9 Å². The van der Waals surface area contributed by atoms with Gasteiger partial charge in [0.15, 0.2) is 0 Å². The Morgan fingerprint density at radius 3 is 2.58 bits per heavy atom. The number of amides is 3. The van der Waals surface area contributed by atoms with Gasteiger partial charge in [-0.05, 0) is 42.8 Å². The van der Waals surface area contributed by atoms with E-state index < -0.39 is 0 Å². The molecule has 0 radical (unpaired) electrons. The zero-order valence-corrected chi connectivity index (χ0v) is 14.6. The van der Waals surface area contributed by atoms with Gasteiger partial charge in [0.25, 0.3) is 11.8 Å². The number of aryl methyl sites for hydroxylation is 1. The molecule has 1 aliphatic heterocycles. The number of hydrogen-bond acceptors (Lipinski definition) is 3. The van der Waals surface area contributed by atoms with Crippen LogP contribution in [0.4, 0.5) is 5.69 Å². The van der Waals surface area contributed by atoms with Crippen molar-refractivity contribution in [1.82, 2.24) is 4.90 Å². The third kappa shape index (κ3) is 3.23. The van der Waals surface area contributed by atoms with E-state index in [2.05, 4.69) is 21.2 Å². The zero-order chi connectivity index (χ0) is 17.3. The first-order valence-electron chi connectivity index (χ1n) is 7.48. The first-order valence-corrected chi connectivity index (χ1v) is 8.27. The second kappa shape index (κ2) is 6.57. The van der Waals surface area contributed by atoms with Gasteiger partial charge in [0.2, 0.25) is 5.91 Å². The predicted molar refractivity (Wildman–Crippen MR) is 93.9 cm³/mol. The summed E-state index contributed by atoms with van der Waals surface area (Å²) in [5, 5.41) is 2.77. The van der Waals surface area contributed by atoms with Gasteiger partial charge >= 0.3 is 0 Å². The minimum Gasteiger partial charge on any atom is -0.326 e. The lowest BCUT2D eigenvalue weighted by Crippen LogP contribution is -2.32. The van der Waals surface area contributed by atoms with Crippen LogP contribution in [0.1, 0.15) is 32.7 Å². The lowest BCUT2D eigenvalue weighted by atomic mass is 10.1. The van der Waals surface area contributed by atoms with Crippen LogP contribution in [-0.2, 0) is 4.79 Å². The monoisotopic (exact) mass is 386 g/mol. The van der Waals surface area contributed by atoms with E-state index in [0.29, 0.717) is 16.8 Å². The van der Waals surface area contributed by atoms with Crippen molar-refractivity contribution in [2.45, 2.75) is 13.3 Å². The molecule has 0 aromatic heterocycles. The van der Waals surface area contributed by atoms with Crippen LogP contribution in [0, 0.1) is 6.92 Å². The van der Waals surface area contributed by atoms with Crippen LogP contribution in [0.2, 0.25) is 0 Å². The van der Waals surface area contributed by atoms with Gasteiger partial charge in [-0.2, -0.15) is 0 Å². The highest BCUT2D eigenvalue weighted by molar-refractivity contribution is 9.10. The molecule has 0 fully saturated rings. The van der Waals surface area contributed by atoms with Crippen molar-refractivity contribution in [1.29, 1.82) is 0 Å². The van der Waals surface area contributed by atoms with Gasteiger partial charge in [0.1, 0.15) is 0 Å². The molecule has 0 aliphatic carbocycles. The van der Waals surface area contributed by atoms with Crippen molar-refractivity contribution in [3.63, 3.8) is 0 Å². The molecule has 1 heterocycles. The van der Waals surface area contributed by atoms with Crippen molar-refractivity contribution >= 4 is 39.3 Å². The molecule has 3 rings (SSSR count). The second-order valence-electron chi connectivity index (χ2n) is 5.62. The Balaban J connectivity index is 1.64. The number of imide groups is 1. The molecular weight excluding hydrogens is 372 g/mol. The summed E-state index contributed by atoms with van der Waals surface area (Å²) in [5.74, 6) is -0.955. The first-order chi connectivity index (χ1) is 11.5. The molecule has 0 spiro atoms. The quantitative estimate of drug-likeness (QED) is 0.818. The molecule has 3 amide bonds. The molecule has 0 saturated heterocycles. The van der Waals surface area contributed by atoms with Gasteiger partial charge in [-0.1, -0.05) is 28.1 Å². The van der Waals surface area contributed by atoms with Crippen molar-refractivity contribution in [3.8, 4) is 0 Å². The molecule has 24 heavy (non-hydrogen) atoms. The Bertz CT molecular complexity index is 848. The summed E-state index contributed by atoms with van der Waals surface area (Å²) in [5.41, 5.74) is 2.49. The summed E-state index contributed by atoms with van der Waals surface area (Å²) < 4.78 is 0.737. The zero-order valence-electron chi connectivity index (χ0n) is 13.0. The second-order valence-corrected chi connectivity index (χ2v) is 6.54. The number of nitrogens with one attached hydrogen (secondary N) is 1. The smallest absolute Gasteiger partial charge is 0.261 e. The molecule has 5 nitrogen and oxygen atoms in total. The van der Waals surface area contributed by atoms with Gasteiger partial charge < -0.3 is 5.32 Å². The van der Waals surface area contributed by atoms with Crippen molar-refractivity contribution in [3.05, 3.63) is 63.6 Å². The summed E-state index contributed by atoms with van der Waals surface area (Å²) in [6.07, 6.45) is 0.0561. The van der Waals surface area contributed by atoms with E-state index in [9.17, 15) is 14.4 Å². The summed E-state index contributed by atoms with van der Waals surface area (Å²) in [4.78, 5) is 37.8. The average molecular weight is 387 g/mol. The van der Waals surface area contributed by atoms with E-state index >= 15 is 0 Å². The van der Waals surface area contributed by atoms with Gasteiger partial charge in [-0.25, -0.2) is 0 Å². The standard InChI is InChI=1S/C18H15BrN2O3/c1-11-3-2-4-13(9-11)20-16(22)7-8-21-17(23)14-6-5-12(19)10-15(14)18(21)24/h2-6,9-10H,7-8H2,1H3,(H,20,22). The van der Waals surface area contributed by atoms with Gasteiger partial charge in [-0.3, -0.25) is 19.3 Å². The van der Waals surface area contributed by atoms with E-state index in [1.54, 1.807) is 24.3 Å². The van der Waals surface area contributed by atoms with Crippen molar-refractivity contribution in [2.75, 3.05) is 11.9 Å². The maximum atomic E-state index is 12.3. The molecule has 2 aromatic carbocycles. The van der Waals surface area contributed by atoms with Crippen LogP contribution in [0.15, 0.2) is 46.9 Å². The summed E-state index contributed by atoms with van der Waals surface area (Å²) in [6.45, 7) is 1.99. The lowest BCUT2D eigenvalue weighted by molar-refractivity contribution is -0.116. The minimum absolute atomic E-state index is 0.0561. The van der Waals surface area contributed by atoms with E-state index in [-0.39, 0.29) is 30.7 Å². The molecule has 0 atom stereocenters. The SMILES string of the molecule is Cc1cccc(NC(=O)CCN2C(=O)c3ccc(Br)cc3C2=O)c1. The molecule has 122 valence electrons. The molecule has 0 saturated carbocycles. The predicted octanol–water partition coefficient (Wildman–Crippen LogP) is 3.38. The number of anilines is 1. The highest BCUT2D eigenvalue weighted by Gasteiger charge is 2.35. The molecular formula is C18H15BrN2O3. The van der Waals surface area contributed by atoms with Crippen LogP contribution in [0.5, 0.6) is 0 Å². The van der Waals surface area contributed by atoms with Crippen LogP contribution in [-0.4, -0.2) is 29.2 Å². The Morgan fingerprint density at radius 1 is 1.08 bits per heavy atom. The number of rotatable bonds is 4. The van der Waals surface area contributed by atoms with Crippen LogP contribution in [0.25, 0.3) is 0 Å². The Labute approximate surface area is 147 Å². The molecule has 1 aliphatic rings. The largest absolute Gasteiger partial charge is 0.326 e. The highest BCUT2D eigenvalue weighted by Crippen LogP contribution is 2.26. The number of fused-ring (bicyclic) bond motifs is 1. The van der Waals surface area contributed by atoms with Crippen LogP contribution < -0.4 is 5.32 Å². The Morgan fingerprint density at radius 2 is 1.83 bits per heavy atom. The third-order valence-electron chi connectivity index (χ3n) is 3.80. The van der Waals surface area contributed by atoms with E-state index in [4.69, 9.17) is 0 Å². The van der Waals surface area contributed by atoms with E-state index in [1.807, 2.05) is 25.1 Å². The summed E-state index contributed by atoms with van der Waals surface area (Å²) in [7, 11) is 0. The summed E-state index contributed by atoms with van der Waals surface area (Å²) in [6, 6.07) is 12.4. The topological polar surface area (TPSA) is 66.5 Å². The number of hydrogen-bond donors (Lipinski definition) is 1. The molecule has 2 aromatic rings. The maximum absolute atomic E-state index is 12.3. The fraction of sp³-hybridized carbons (Fsp3) is 0.167. The van der Waals surface area contributed by atoms with Crippen molar-refractivity contribution in [2.24, 2.45) is 0 Å². The number of halogens is 1. The normalized spacial score (nSPS) is 13.2. The maximum Gasteiger partial charge on any atom is 0.261 e. The number of carbonyl (C=O) groups excluding carboxylic acids is 3.